The fourth-order valence-electron chi connectivity index (χ4n) is 0. The van der Waals surface area contributed by atoms with E-state index in [-0.39, 0.29) is 7.92 Å². The zero-order chi connectivity index (χ0) is 3.58. The molecule has 0 spiro atoms. The topological polar surface area (TPSA) is 0 Å². The van der Waals surface area contributed by atoms with E-state index in [9.17, 15) is 0 Å². The average Bonchev–Trinajstić information content (AvgIpc) is 0.811. The SMILES string of the molecule is C[PH+](C)C. The van der Waals surface area contributed by atoms with Gasteiger partial charge in [-0.25, -0.2) is 0 Å². The second-order valence-corrected chi connectivity index (χ2v) is 4.50. The van der Waals surface area contributed by atoms with Crippen molar-refractivity contribution in [2.24, 2.45) is 0 Å². The van der Waals surface area contributed by atoms with Crippen molar-refractivity contribution in [3.8, 4) is 0 Å². The van der Waals surface area contributed by atoms with Gasteiger partial charge in [-0.15, -0.1) is 0 Å². The van der Waals surface area contributed by atoms with Gasteiger partial charge in [0.05, 0.1) is 0 Å². The molecule has 0 aromatic heterocycles. The molecule has 0 aromatic carbocycles. The lowest BCUT2D eigenvalue weighted by atomic mass is 11.9. The Morgan fingerprint density at radius 1 is 1.00 bits per heavy atom. The van der Waals surface area contributed by atoms with E-state index >= 15 is 0 Å². The minimum Gasteiger partial charge on any atom is -0.00840 e. The molecule has 0 nitrogen and oxygen atoms in total. The lowest BCUT2D eigenvalue weighted by Gasteiger charge is -1.71. The van der Waals surface area contributed by atoms with E-state index in [1.54, 1.807) is 0 Å². The minimum absolute atomic E-state index is 0.120. The maximum Gasteiger partial charge on any atom is 0.0461 e. The van der Waals surface area contributed by atoms with E-state index in [1.165, 1.54) is 0 Å². The Kier molecular flexibility index (Phi) is 1.91. The van der Waals surface area contributed by atoms with Crippen LogP contribution in [0.2, 0.25) is 0 Å². The van der Waals surface area contributed by atoms with Gasteiger partial charge in [-0.1, -0.05) is 0 Å². The molecule has 0 amide bonds. The first-order valence-corrected chi connectivity index (χ1v) is 4.50. The average molecular weight is 77.1 g/mol. The summed E-state index contributed by atoms with van der Waals surface area (Å²) >= 11 is 0. The monoisotopic (exact) mass is 77.1 g/mol. The smallest absolute Gasteiger partial charge is 0.00840 e. The fourth-order valence-corrected chi connectivity index (χ4v) is 0. The van der Waals surface area contributed by atoms with Crippen LogP contribution < -0.4 is 0 Å². The van der Waals surface area contributed by atoms with Gasteiger partial charge in [0.25, 0.3) is 0 Å². The van der Waals surface area contributed by atoms with Gasteiger partial charge in [0, 0.05) is 20.0 Å². The Labute approximate surface area is 29.0 Å². The molecule has 0 aliphatic heterocycles. The molecule has 0 saturated heterocycles. The number of hydrogen-bond donors (Lipinski definition) is 0. The highest BCUT2D eigenvalue weighted by atomic mass is 31.1. The molecule has 4 heavy (non-hydrogen) atoms. The zero-order valence-corrected chi connectivity index (χ0v) is 4.50. The summed E-state index contributed by atoms with van der Waals surface area (Å²) in [6.45, 7) is 6.81. The number of hydrogen-bond acceptors (Lipinski definition) is 0. The molecule has 0 saturated carbocycles. The first-order chi connectivity index (χ1) is 1.73. The van der Waals surface area contributed by atoms with Gasteiger partial charge in [0.15, 0.2) is 0 Å². The van der Waals surface area contributed by atoms with E-state index in [0.29, 0.717) is 0 Å². The molecule has 0 aliphatic carbocycles. The normalized spacial score (nSPS) is 9.00. The van der Waals surface area contributed by atoms with Crippen LogP contribution in [-0.2, 0) is 0 Å². The molecule has 0 radical (unpaired) electrons. The highest BCUT2D eigenvalue weighted by molar-refractivity contribution is 7.55. The van der Waals surface area contributed by atoms with E-state index in [1.807, 2.05) is 0 Å². The van der Waals surface area contributed by atoms with E-state index in [4.69, 9.17) is 0 Å². The Balaban J connectivity index is 2.32. The summed E-state index contributed by atoms with van der Waals surface area (Å²) in [5, 5.41) is 0. The molecule has 1 heteroatoms. The third kappa shape index (κ3) is 26.9. The minimum atomic E-state index is 0.120. The van der Waals surface area contributed by atoms with E-state index < -0.39 is 0 Å². The predicted octanol–water partition coefficient (Wildman–Crippen LogP) is 1.09. The van der Waals surface area contributed by atoms with Crippen molar-refractivity contribution in [3.05, 3.63) is 0 Å². The quantitative estimate of drug-likeness (QED) is 0.380. The maximum absolute atomic E-state index is 2.27. The fraction of sp³-hybridized carbons (Fsp3) is 1.00. The molecular weight excluding hydrogens is 67.0 g/mol. The first kappa shape index (κ1) is 4.43. The van der Waals surface area contributed by atoms with Crippen molar-refractivity contribution in [1.82, 2.24) is 0 Å². The molecule has 0 heterocycles. The summed E-state index contributed by atoms with van der Waals surface area (Å²) in [7, 11) is 0.120. The second kappa shape index (κ2) is 1.72. The molecule has 0 aliphatic rings. The van der Waals surface area contributed by atoms with Crippen molar-refractivity contribution in [2.45, 2.75) is 0 Å². The Morgan fingerprint density at radius 2 is 1.00 bits per heavy atom. The van der Waals surface area contributed by atoms with Gasteiger partial charge in [-0.3, -0.25) is 0 Å². The summed E-state index contributed by atoms with van der Waals surface area (Å²) in [4.78, 5) is 0. The summed E-state index contributed by atoms with van der Waals surface area (Å²) < 4.78 is 0. The molecule has 0 N–H and O–H groups in total. The van der Waals surface area contributed by atoms with Crippen LogP contribution in [0.5, 0.6) is 0 Å². The lowest BCUT2D eigenvalue weighted by Crippen LogP contribution is -1.48. The van der Waals surface area contributed by atoms with Crippen molar-refractivity contribution in [1.29, 1.82) is 0 Å². The van der Waals surface area contributed by atoms with Crippen LogP contribution in [0.1, 0.15) is 0 Å². The first-order valence-electron chi connectivity index (χ1n) is 1.50. The van der Waals surface area contributed by atoms with Gasteiger partial charge in [-0.05, 0) is 7.92 Å². The van der Waals surface area contributed by atoms with Gasteiger partial charge >= 0.3 is 0 Å². The van der Waals surface area contributed by atoms with Crippen molar-refractivity contribution in [3.63, 3.8) is 0 Å². The molecular formula is C3H10P+. The molecule has 0 bridgehead atoms. The summed E-state index contributed by atoms with van der Waals surface area (Å²) in [6, 6.07) is 0. The van der Waals surface area contributed by atoms with Gasteiger partial charge in [0.1, 0.15) is 0 Å². The standard InChI is InChI=1S/C3H9P/c1-4(2)3/h1-3H3/p+1. The van der Waals surface area contributed by atoms with E-state index in [2.05, 4.69) is 20.0 Å². The zero-order valence-electron chi connectivity index (χ0n) is 3.50. The Hall–Kier alpha value is 0.430. The van der Waals surface area contributed by atoms with Gasteiger partial charge in [0.2, 0.25) is 0 Å². The Morgan fingerprint density at radius 3 is 1.00 bits per heavy atom. The lowest BCUT2D eigenvalue weighted by molar-refractivity contribution is 2.13. The molecule has 0 aromatic rings. The highest BCUT2D eigenvalue weighted by Crippen LogP contribution is 2.14. The summed E-state index contributed by atoms with van der Waals surface area (Å²) in [5.41, 5.74) is 0. The maximum atomic E-state index is 2.27. The van der Waals surface area contributed by atoms with Crippen molar-refractivity contribution in [2.75, 3.05) is 20.0 Å². The summed E-state index contributed by atoms with van der Waals surface area (Å²) in [6.07, 6.45) is 0. The van der Waals surface area contributed by atoms with Gasteiger partial charge in [-0.2, -0.15) is 0 Å². The molecule has 0 fully saturated rings. The van der Waals surface area contributed by atoms with E-state index in [0.717, 1.165) is 0 Å². The number of rotatable bonds is 0. The molecule has 0 unspecified atom stereocenters. The largest absolute Gasteiger partial charge is 0.0461 e. The summed E-state index contributed by atoms with van der Waals surface area (Å²) in [5.74, 6) is 0. The van der Waals surface area contributed by atoms with Crippen LogP contribution >= 0.6 is 7.92 Å². The van der Waals surface area contributed by atoms with Crippen molar-refractivity contribution >= 4 is 7.92 Å². The van der Waals surface area contributed by atoms with Crippen LogP contribution in [0, 0.1) is 0 Å². The third-order valence-corrected chi connectivity index (χ3v) is 0. The van der Waals surface area contributed by atoms with Crippen LogP contribution in [-0.4, -0.2) is 20.0 Å². The second-order valence-electron chi connectivity index (χ2n) is 1.50. The van der Waals surface area contributed by atoms with Crippen LogP contribution in [0.4, 0.5) is 0 Å². The van der Waals surface area contributed by atoms with Crippen LogP contribution in [0.15, 0.2) is 0 Å². The Bertz CT molecular complexity index is 8.00. The molecule has 0 atom stereocenters. The van der Waals surface area contributed by atoms with Crippen molar-refractivity contribution < 1.29 is 0 Å². The molecule has 26 valence electrons. The highest BCUT2D eigenvalue weighted by Gasteiger charge is 1.75. The van der Waals surface area contributed by atoms with Gasteiger partial charge < -0.3 is 0 Å². The van der Waals surface area contributed by atoms with Crippen LogP contribution in [0.3, 0.4) is 0 Å². The molecule has 0 rings (SSSR count). The third-order valence-electron chi connectivity index (χ3n) is 0. The predicted molar refractivity (Wildman–Crippen MR) is 26.1 cm³/mol. The van der Waals surface area contributed by atoms with Crippen LogP contribution in [0.25, 0.3) is 0 Å².